The topological polar surface area (TPSA) is 54.0 Å². The summed E-state index contributed by atoms with van der Waals surface area (Å²) in [5.41, 5.74) is -0.00971. The second kappa shape index (κ2) is 7.15. The molecule has 1 unspecified atom stereocenters. The molecule has 0 bridgehead atoms. The van der Waals surface area contributed by atoms with Crippen molar-refractivity contribution in [2.24, 2.45) is 0 Å². The molecule has 3 heterocycles. The summed E-state index contributed by atoms with van der Waals surface area (Å²) in [5, 5.41) is 2.89. The number of hydrogen-bond acceptors (Lipinski definition) is 4. The fraction of sp³-hybridized carbons (Fsp3) is 0.938. The highest BCUT2D eigenvalue weighted by Gasteiger charge is 2.42. The number of rotatable bonds is 2. The van der Waals surface area contributed by atoms with Gasteiger partial charge in [0.25, 0.3) is 0 Å². The minimum absolute atomic E-state index is 0.00971. The van der Waals surface area contributed by atoms with Crippen molar-refractivity contribution < 1.29 is 14.3 Å². The van der Waals surface area contributed by atoms with Gasteiger partial charge in [0.2, 0.25) is 0 Å². The molecule has 3 fully saturated rings. The van der Waals surface area contributed by atoms with E-state index in [1.165, 1.54) is 0 Å². The lowest BCUT2D eigenvalue weighted by molar-refractivity contribution is -0.135. The molecule has 3 rings (SSSR count). The zero-order valence-electron chi connectivity index (χ0n) is 13.7. The van der Waals surface area contributed by atoms with E-state index in [0.29, 0.717) is 12.6 Å². The monoisotopic (exact) mass is 311 g/mol. The number of likely N-dealkylation sites (tertiary alicyclic amines) is 1. The summed E-state index contributed by atoms with van der Waals surface area (Å²) in [7, 11) is 0. The van der Waals surface area contributed by atoms with E-state index >= 15 is 0 Å². The number of carbonyl (C=O) groups is 1. The van der Waals surface area contributed by atoms with Crippen molar-refractivity contribution in [2.45, 2.75) is 44.2 Å². The maximum Gasteiger partial charge on any atom is 0.317 e. The third-order valence-corrected chi connectivity index (χ3v) is 5.32. The fourth-order valence-corrected chi connectivity index (χ4v) is 3.98. The minimum atomic E-state index is -0.00971. The van der Waals surface area contributed by atoms with Gasteiger partial charge in [-0.15, -0.1) is 0 Å². The van der Waals surface area contributed by atoms with Gasteiger partial charge in [0.05, 0.1) is 18.8 Å². The first-order valence-corrected chi connectivity index (χ1v) is 8.71. The highest BCUT2D eigenvalue weighted by Crippen LogP contribution is 2.36. The van der Waals surface area contributed by atoms with Crippen LogP contribution in [0.25, 0.3) is 0 Å². The molecule has 3 saturated heterocycles. The number of morpholine rings is 1. The van der Waals surface area contributed by atoms with E-state index < -0.39 is 0 Å². The molecular weight excluding hydrogens is 282 g/mol. The molecule has 0 aromatic carbocycles. The third kappa shape index (κ3) is 3.55. The summed E-state index contributed by atoms with van der Waals surface area (Å²) in [4.78, 5) is 16.4. The molecular formula is C16H29N3O3. The highest BCUT2D eigenvalue weighted by atomic mass is 16.5. The van der Waals surface area contributed by atoms with Crippen LogP contribution in [0.1, 0.15) is 32.6 Å². The number of hydrogen-bond donors (Lipinski definition) is 1. The van der Waals surface area contributed by atoms with Crippen molar-refractivity contribution in [1.82, 2.24) is 15.1 Å². The zero-order chi connectivity index (χ0) is 15.4. The van der Waals surface area contributed by atoms with Gasteiger partial charge in [-0.1, -0.05) is 0 Å². The predicted octanol–water partition coefficient (Wildman–Crippen LogP) is 1.06. The van der Waals surface area contributed by atoms with Crippen molar-refractivity contribution in [3.63, 3.8) is 0 Å². The standard InChI is InChI=1S/C16H29N3O3/c1-2-17-15(20)19-6-4-16(5-7-19)13-14(3-10-22-16)18-8-11-21-12-9-18/h14H,2-13H2,1H3,(H,17,20). The van der Waals surface area contributed by atoms with Gasteiger partial charge in [-0.05, 0) is 32.6 Å². The van der Waals surface area contributed by atoms with Crippen LogP contribution in [0.4, 0.5) is 4.79 Å². The second-order valence-corrected chi connectivity index (χ2v) is 6.65. The van der Waals surface area contributed by atoms with Crippen molar-refractivity contribution in [3.05, 3.63) is 0 Å². The second-order valence-electron chi connectivity index (χ2n) is 6.65. The Morgan fingerprint density at radius 1 is 1.18 bits per heavy atom. The molecule has 0 aromatic heterocycles. The maximum atomic E-state index is 11.9. The van der Waals surface area contributed by atoms with E-state index in [0.717, 1.165) is 71.7 Å². The SMILES string of the molecule is CCNC(=O)N1CCC2(CC1)CC(N1CCOCC1)CCO2. The molecule has 2 amide bonds. The maximum absolute atomic E-state index is 11.9. The molecule has 6 heteroatoms. The largest absolute Gasteiger partial charge is 0.379 e. The molecule has 6 nitrogen and oxygen atoms in total. The minimum Gasteiger partial charge on any atom is -0.379 e. The lowest BCUT2D eigenvalue weighted by Gasteiger charge is -2.48. The summed E-state index contributed by atoms with van der Waals surface area (Å²) < 4.78 is 11.7. The van der Waals surface area contributed by atoms with E-state index in [1.54, 1.807) is 0 Å². The molecule has 3 aliphatic heterocycles. The first-order valence-electron chi connectivity index (χ1n) is 8.71. The Labute approximate surface area is 133 Å². The van der Waals surface area contributed by atoms with Crippen LogP contribution < -0.4 is 5.32 Å². The van der Waals surface area contributed by atoms with Crippen LogP contribution in [0.2, 0.25) is 0 Å². The van der Waals surface area contributed by atoms with Crippen molar-refractivity contribution in [3.8, 4) is 0 Å². The quantitative estimate of drug-likeness (QED) is 0.828. The Hall–Kier alpha value is -0.850. The molecule has 1 N–H and O–H groups in total. The van der Waals surface area contributed by atoms with Crippen molar-refractivity contribution in [1.29, 1.82) is 0 Å². The summed E-state index contributed by atoms with van der Waals surface area (Å²) in [6.45, 7) is 8.92. The van der Waals surface area contributed by atoms with Crippen LogP contribution in [-0.2, 0) is 9.47 Å². The van der Waals surface area contributed by atoms with E-state index in [9.17, 15) is 4.79 Å². The van der Waals surface area contributed by atoms with Gasteiger partial charge in [-0.25, -0.2) is 4.79 Å². The van der Waals surface area contributed by atoms with E-state index in [4.69, 9.17) is 9.47 Å². The lowest BCUT2D eigenvalue weighted by atomic mass is 9.82. The zero-order valence-corrected chi connectivity index (χ0v) is 13.7. The summed E-state index contributed by atoms with van der Waals surface area (Å²) in [5.74, 6) is 0. The molecule has 0 radical (unpaired) electrons. The van der Waals surface area contributed by atoms with E-state index in [-0.39, 0.29) is 11.6 Å². The van der Waals surface area contributed by atoms with Crippen LogP contribution in [0, 0.1) is 0 Å². The Kier molecular flexibility index (Phi) is 5.21. The molecule has 126 valence electrons. The van der Waals surface area contributed by atoms with Gasteiger partial charge in [0.15, 0.2) is 0 Å². The van der Waals surface area contributed by atoms with Crippen LogP contribution in [-0.4, -0.2) is 80.0 Å². The number of ether oxygens (including phenoxy) is 2. The predicted molar refractivity (Wildman–Crippen MR) is 84.0 cm³/mol. The molecule has 22 heavy (non-hydrogen) atoms. The molecule has 1 atom stereocenters. The van der Waals surface area contributed by atoms with Crippen LogP contribution >= 0.6 is 0 Å². The normalized spacial score (nSPS) is 29.5. The van der Waals surface area contributed by atoms with Gasteiger partial charge in [-0.2, -0.15) is 0 Å². The van der Waals surface area contributed by atoms with Crippen molar-refractivity contribution in [2.75, 3.05) is 52.5 Å². The summed E-state index contributed by atoms with van der Waals surface area (Å²) >= 11 is 0. The number of nitrogens with one attached hydrogen (secondary N) is 1. The van der Waals surface area contributed by atoms with Crippen LogP contribution in [0.15, 0.2) is 0 Å². The average Bonchev–Trinajstić information content (AvgIpc) is 2.57. The first-order chi connectivity index (χ1) is 10.7. The number of carbonyl (C=O) groups excluding carboxylic acids is 1. The Morgan fingerprint density at radius 3 is 2.59 bits per heavy atom. The number of amides is 2. The molecule has 1 spiro atoms. The Morgan fingerprint density at radius 2 is 1.91 bits per heavy atom. The third-order valence-electron chi connectivity index (χ3n) is 5.32. The smallest absolute Gasteiger partial charge is 0.317 e. The average molecular weight is 311 g/mol. The molecule has 0 saturated carbocycles. The van der Waals surface area contributed by atoms with Gasteiger partial charge >= 0.3 is 6.03 Å². The number of urea groups is 1. The lowest BCUT2D eigenvalue weighted by Crippen LogP contribution is -2.56. The Bertz CT molecular complexity index is 377. The first kappa shape index (κ1) is 16.0. The molecule has 0 aliphatic carbocycles. The summed E-state index contributed by atoms with van der Waals surface area (Å²) in [6, 6.07) is 0.687. The number of nitrogens with zero attached hydrogens (tertiary/aromatic N) is 2. The molecule has 0 aromatic rings. The fourth-order valence-electron chi connectivity index (χ4n) is 3.98. The Balaban J connectivity index is 1.54. The van der Waals surface area contributed by atoms with E-state index in [1.807, 2.05) is 11.8 Å². The molecule has 3 aliphatic rings. The number of piperidine rings is 1. The van der Waals surface area contributed by atoms with E-state index in [2.05, 4.69) is 10.2 Å². The van der Waals surface area contributed by atoms with Gasteiger partial charge < -0.3 is 19.7 Å². The van der Waals surface area contributed by atoms with Crippen LogP contribution in [0.3, 0.4) is 0 Å². The van der Waals surface area contributed by atoms with Gasteiger partial charge in [0, 0.05) is 45.4 Å². The van der Waals surface area contributed by atoms with Crippen molar-refractivity contribution >= 4 is 6.03 Å². The van der Waals surface area contributed by atoms with Crippen LogP contribution in [0.5, 0.6) is 0 Å². The van der Waals surface area contributed by atoms with Gasteiger partial charge in [-0.3, -0.25) is 4.90 Å². The summed E-state index contributed by atoms with van der Waals surface area (Å²) in [6.07, 6.45) is 4.16. The van der Waals surface area contributed by atoms with Gasteiger partial charge in [0.1, 0.15) is 0 Å². The highest BCUT2D eigenvalue weighted by molar-refractivity contribution is 5.74.